The molecule has 0 saturated heterocycles. The average Bonchev–Trinajstić information content (AvgIpc) is 3.02. The summed E-state index contributed by atoms with van der Waals surface area (Å²) in [4.78, 5) is 29.9. The van der Waals surface area contributed by atoms with E-state index in [0.29, 0.717) is 5.69 Å². The van der Waals surface area contributed by atoms with Gasteiger partial charge < -0.3 is 15.8 Å². The van der Waals surface area contributed by atoms with Gasteiger partial charge in [-0.2, -0.15) is 4.39 Å². The van der Waals surface area contributed by atoms with Gasteiger partial charge in [-0.25, -0.2) is 14.1 Å². The topological polar surface area (TPSA) is 104 Å². The van der Waals surface area contributed by atoms with E-state index < -0.39 is 34.5 Å². The standard InChI is InChI=1S/C24H23F2N5O3/c1-13-6-4-5-7-17(13)31-24(33)20(14(2)30(31)3)23(32)29-16-8-9-18(22(26)21(16)25)34-15-10-11-28-19(27)12-15/h4-5,7-13H,6H2,1-3H3,(H2,27,28)(H,29,32). The van der Waals surface area contributed by atoms with Crippen LogP contribution in [-0.4, -0.2) is 20.3 Å². The van der Waals surface area contributed by atoms with E-state index in [9.17, 15) is 18.4 Å². The van der Waals surface area contributed by atoms with Crippen LogP contribution in [0.3, 0.4) is 0 Å². The lowest BCUT2D eigenvalue weighted by Crippen LogP contribution is -2.28. The lowest BCUT2D eigenvalue weighted by molar-refractivity contribution is 0.102. The first-order valence-corrected chi connectivity index (χ1v) is 10.5. The number of benzene rings is 1. The molecule has 1 atom stereocenters. The number of nitrogens with one attached hydrogen (secondary N) is 1. The number of carbonyl (C=O) groups is 1. The molecule has 3 N–H and O–H groups in total. The largest absolute Gasteiger partial charge is 0.454 e. The van der Waals surface area contributed by atoms with Gasteiger partial charge in [0.05, 0.1) is 11.4 Å². The first-order chi connectivity index (χ1) is 16.2. The number of pyridine rings is 1. The summed E-state index contributed by atoms with van der Waals surface area (Å²) in [6.07, 6.45) is 7.79. The summed E-state index contributed by atoms with van der Waals surface area (Å²) < 4.78 is 37.7. The maximum atomic E-state index is 14.7. The Kier molecular flexibility index (Phi) is 6.06. The van der Waals surface area contributed by atoms with Crippen molar-refractivity contribution in [2.45, 2.75) is 20.3 Å². The van der Waals surface area contributed by atoms with Crippen LogP contribution in [0.4, 0.5) is 20.3 Å². The third kappa shape index (κ3) is 4.09. The van der Waals surface area contributed by atoms with Gasteiger partial charge in [0.1, 0.15) is 17.1 Å². The number of nitrogens with two attached hydrogens (primary N) is 1. The highest BCUT2D eigenvalue weighted by Gasteiger charge is 2.26. The molecule has 2 aromatic heterocycles. The van der Waals surface area contributed by atoms with Crippen molar-refractivity contribution in [2.24, 2.45) is 13.0 Å². The second-order valence-corrected chi connectivity index (χ2v) is 7.97. The number of carbonyl (C=O) groups excluding carboxylic acids is 1. The number of nitrogens with zero attached hydrogens (tertiary/aromatic N) is 3. The van der Waals surface area contributed by atoms with Gasteiger partial charge in [0.15, 0.2) is 11.6 Å². The molecule has 34 heavy (non-hydrogen) atoms. The van der Waals surface area contributed by atoms with Crippen LogP contribution in [0.15, 0.2) is 53.5 Å². The number of aromatic nitrogens is 3. The second-order valence-electron chi connectivity index (χ2n) is 7.97. The monoisotopic (exact) mass is 467 g/mol. The minimum absolute atomic E-state index is 0.0708. The predicted molar refractivity (Wildman–Crippen MR) is 125 cm³/mol. The zero-order valence-corrected chi connectivity index (χ0v) is 18.8. The molecule has 8 nitrogen and oxygen atoms in total. The number of halogens is 2. The number of ether oxygens (including phenoxy) is 1. The lowest BCUT2D eigenvalue weighted by atomic mass is 9.99. The Morgan fingerprint density at radius 2 is 2.03 bits per heavy atom. The van der Waals surface area contributed by atoms with Crippen LogP contribution in [0.1, 0.15) is 29.4 Å². The van der Waals surface area contributed by atoms with E-state index in [2.05, 4.69) is 10.3 Å². The number of hydrogen-bond acceptors (Lipinski definition) is 5. The molecular formula is C24H23F2N5O3. The lowest BCUT2D eigenvalue weighted by Gasteiger charge is -2.19. The number of allylic oxidation sites excluding steroid dienone is 4. The van der Waals surface area contributed by atoms with Gasteiger partial charge in [-0.1, -0.05) is 19.1 Å². The number of anilines is 2. The van der Waals surface area contributed by atoms with E-state index in [1.165, 1.54) is 29.1 Å². The Balaban J connectivity index is 1.63. The molecule has 176 valence electrons. The Hall–Kier alpha value is -4.21. The number of hydrogen-bond donors (Lipinski definition) is 2. The summed E-state index contributed by atoms with van der Waals surface area (Å²) in [7, 11) is 1.66. The van der Waals surface area contributed by atoms with Crippen LogP contribution in [0.5, 0.6) is 11.5 Å². The minimum Gasteiger partial charge on any atom is -0.454 e. The molecule has 0 fully saturated rings. The van der Waals surface area contributed by atoms with E-state index in [0.717, 1.165) is 18.2 Å². The fourth-order valence-corrected chi connectivity index (χ4v) is 3.78. The fraction of sp³-hybridized carbons (Fsp3) is 0.208. The van der Waals surface area contributed by atoms with Crippen LogP contribution in [0.2, 0.25) is 0 Å². The SMILES string of the molecule is Cc1c(C(=O)Nc2ccc(Oc3ccnc(N)c3)c(F)c2F)c(=O)n(C2=CC=CCC2C)n1C. The first-order valence-electron chi connectivity index (χ1n) is 10.5. The molecule has 4 rings (SSSR count). The highest BCUT2D eigenvalue weighted by atomic mass is 19.2. The van der Waals surface area contributed by atoms with Crippen molar-refractivity contribution in [3.8, 4) is 11.5 Å². The van der Waals surface area contributed by atoms with Crippen molar-refractivity contribution in [1.82, 2.24) is 14.3 Å². The highest BCUT2D eigenvalue weighted by Crippen LogP contribution is 2.30. The molecule has 1 unspecified atom stereocenters. The summed E-state index contributed by atoms with van der Waals surface area (Å²) in [6.45, 7) is 3.59. The molecule has 1 aliphatic rings. The normalized spacial score (nSPS) is 15.2. The van der Waals surface area contributed by atoms with E-state index >= 15 is 0 Å². The maximum absolute atomic E-state index is 14.7. The van der Waals surface area contributed by atoms with Gasteiger partial charge in [0.2, 0.25) is 5.82 Å². The molecule has 10 heteroatoms. The van der Waals surface area contributed by atoms with Crippen LogP contribution in [0, 0.1) is 24.5 Å². The van der Waals surface area contributed by atoms with Crippen LogP contribution >= 0.6 is 0 Å². The van der Waals surface area contributed by atoms with Gasteiger partial charge in [-0.15, -0.1) is 0 Å². The minimum atomic E-state index is -1.32. The highest BCUT2D eigenvalue weighted by molar-refractivity contribution is 6.05. The van der Waals surface area contributed by atoms with Crippen molar-refractivity contribution in [1.29, 1.82) is 0 Å². The van der Waals surface area contributed by atoms with Gasteiger partial charge >= 0.3 is 0 Å². The molecule has 0 bridgehead atoms. The zero-order valence-electron chi connectivity index (χ0n) is 18.8. The predicted octanol–water partition coefficient (Wildman–Crippen LogP) is 4.23. The fourth-order valence-electron chi connectivity index (χ4n) is 3.78. The van der Waals surface area contributed by atoms with Crippen molar-refractivity contribution in [2.75, 3.05) is 11.1 Å². The van der Waals surface area contributed by atoms with Crippen molar-refractivity contribution in [3.05, 3.63) is 81.9 Å². The van der Waals surface area contributed by atoms with Crippen molar-refractivity contribution < 1.29 is 18.3 Å². The second kappa shape index (κ2) is 8.97. The summed E-state index contributed by atoms with van der Waals surface area (Å²) in [5.74, 6) is -3.47. The smallest absolute Gasteiger partial charge is 0.284 e. The van der Waals surface area contributed by atoms with Crippen molar-refractivity contribution in [3.63, 3.8) is 0 Å². The average molecular weight is 467 g/mol. The molecule has 0 radical (unpaired) electrons. The van der Waals surface area contributed by atoms with Crippen LogP contribution in [-0.2, 0) is 7.05 Å². The molecule has 1 aromatic carbocycles. The molecule has 1 amide bonds. The Bertz CT molecular complexity index is 1400. The Labute approximate surface area is 194 Å². The van der Waals surface area contributed by atoms with Gasteiger partial charge in [0, 0.05) is 30.9 Å². The molecule has 1 aliphatic carbocycles. The number of amides is 1. The van der Waals surface area contributed by atoms with E-state index in [1.54, 1.807) is 18.7 Å². The quantitative estimate of drug-likeness (QED) is 0.584. The van der Waals surface area contributed by atoms with E-state index in [4.69, 9.17) is 10.5 Å². The summed E-state index contributed by atoms with van der Waals surface area (Å²) in [5, 5.41) is 2.30. The van der Waals surface area contributed by atoms with E-state index in [1.807, 2.05) is 25.2 Å². The maximum Gasteiger partial charge on any atom is 0.284 e. The molecule has 0 aliphatic heterocycles. The summed E-state index contributed by atoms with van der Waals surface area (Å²) >= 11 is 0. The van der Waals surface area contributed by atoms with Crippen molar-refractivity contribution >= 4 is 23.1 Å². The summed E-state index contributed by atoms with van der Waals surface area (Å²) in [5.41, 5.74) is 5.58. The van der Waals surface area contributed by atoms with Crippen LogP contribution in [0.25, 0.3) is 5.70 Å². The van der Waals surface area contributed by atoms with Gasteiger partial charge in [-0.3, -0.25) is 14.3 Å². The molecule has 0 spiro atoms. The van der Waals surface area contributed by atoms with Gasteiger partial charge in [0.25, 0.3) is 11.5 Å². The molecule has 0 saturated carbocycles. The first kappa shape index (κ1) is 23.0. The number of nitrogen functional groups attached to an aromatic ring is 1. The Morgan fingerprint density at radius 3 is 2.74 bits per heavy atom. The molecular weight excluding hydrogens is 444 g/mol. The Morgan fingerprint density at radius 1 is 1.26 bits per heavy atom. The van der Waals surface area contributed by atoms with E-state index in [-0.39, 0.29) is 23.0 Å². The third-order valence-electron chi connectivity index (χ3n) is 5.70. The molecule has 3 aromatic rings. The van der Waals surface area contributed by atoms with Gasteiger partial charge in [-0.05, 0) is 37.6 Å². The number of rotatable bonds is 5. The third-order valence-corrected chi connectivity index (χ3v) is 5.70. The zero-order chi connectivity index (χ0) is 24.6. The van der Waals surface area contributed by atoms with Crippen LogP contribution < -0.4 is 21.3 Å². The molecule has 2 heterocycles. The summed E-state index contributed by atoms with van der Waals surface area (Å²) in [6, 6.07) is 5.12.